The molecule has 0 bridgehead atoms. The molecule has 5 heteroatoms. The maximum absolute atomic E-state index is 5.19. The number of guanidine groups is 1. The van der Waals surface area contributed by atoms with Crippen LogP contribution in [0.4, 0.5) is 0 Å². The molecule has 0 radical (unpaired) electrons. The summed E-state index contributed by atoms with van der Waals surface area (Å²) in [6.45, 7) is 4.62. The highest BCUT2D eigenvalue weighted by Gasteiger charge is 2.08. The fourth-order valence-electron chi connectivity index (χ4n) is 2.71. The molecule has 0 atom stereocenters. The van der Waals surface area contributed by atoms with Gasteiger partial charge in [0.25, 0.3) is 0 Å². The molecule has 0 aliphatic rings. The van der Waals surface area contributed by atoms with E-state index in [4.69, 9.17) is 9.73 Å². The Kier molecular flexibility index (Phi) is 7.38. The minimum Gasteiger partial charge on any atom is -0.497 e. The molecule has 0 spiro atoms. The molecule has 0 amide bonds. The van der Waals surface area contributed by atoms with Crippen molar-refractivity contribution in [1.82, 2.24) is 14.8 Å². The zero-order valence-electron chi connectivity index (χ0n) is 15.8. The number of methoxy groups -OCH3 is 1. The Hall–Kier alpha value is -2.43. The topological polar surface area (TPSA) is 41.8 Å². The second-order valence-corrected chi connectivity index (χ2v) is 6.15. The number of nitrogens with one attached hydrogen (secondary N) is 1. The first kappa shape index (κ1) is 18.9. The van der Waals surface area contributed by atoms with E-state index in [-0.39, 0.29) is 0 Å². The Morgan fingerprint density at radius 3 is 2.60 bits per heavy atom. The lowest BCUT2D eigenvalue weighted by molar-refractivity contribution is 0.414. The van der Waals surface area contributed by atoms with E-state index in [0.717, 1.165) is 44.2 Å². The molecule has 0 unspecified atom stereocenters. The summed E-state index contributed by atoms with van der Waals surface area (Å²) in [5.41, 5.74) is 2.59. The van der Waals surface area contributed by atoms with Crippen molar-refractivity contribution in [2.75, 3.05) is 27.2 Å². The Morgan fingerprint density at radius 1 is 1.24 bits per heavy atom. The highest BCUT2D eigenvalue weighted by Crippen LogP contribution is 2.12. The molecule has 0 aliphatic carbocycles. The predicted molar refractivity (Wildman–Crippen MR) is 104 cm³/mol. The van der Waals surface area contributed by atoms with Crippen LogP contribution in [0.5, 0.6) is 5.75 Å². The van der Waals surface area contributed by atoms with Gasteiger partial charge in [0, 0.05) is 39.1 Å². The van der Waals surface area contributed by atoms with Crippen LogP contribution in [0.15, 0.2) is 47.6 Å². The van der Waals surface area contributed by atoms with Crippen LogP contribution < -0.4 is 10.1 Å². The Balaban J connectivity index is 1.86. The van der Waals surface area contributed by atoms with E-state index in [0.29, 0.717) is 0 Å². The van der Waals surface area contributed by atoms with E-state index in [1.165, 1.54) is 11.3 Å². The number of aryl methyl sites for hydroxylation is 2. The van der Waals surface area contributed by atoms with Gasteiger partial charge in [0.1, 0.15) is 5.75 Å². The monoisotopic (exact) mass is 342 g/mol. The fourth-order valence-corrected chi connectivity index (χ4v) is 2.71. The largest absolute Gasteiger partial charge is 0.497 e. The standard InChI is InChI=1S/C20H30N4O/c1-5-21-20(24(3)16-18-9-7-15-23(18)2)22-14-6-8-17-10-12-19(25-4)13-11-17/h7,9-13,15H,5-6,8,14,16H2,1-4H3,(H,21,22). The first-order valence-corrected chi connectivity index (χ1v) is 8.86. The minimum absolute atomic E-state index is 0.811. The van der Waals surface area contributed by atoms with Gasteiger partial charge in [-0.3, -0.25) is 4.99 Å². The minimum atomic E-state index is 0.811. The van der Waals surface area contributed by atoms with Crippen molar-refractivity contribution in [2.45, 2.75) is 26.3 Å². The average Bonchev–Trinajstić information content (AvgIpc) is 3.03. The lowest BCUT2D eigenvalue weighted by atomic mass is 10.1. The van der Waals surface area contributed by atoms with Gasteiger partial charge in [-0.05, 0) is 49.6 Å². The van der Waals surface area contributed by atoms with Crippen molar-refractivity contribution < 1.29 is 4.74 Å². The van der Waals surface area contributed by atoms with Crippen molar-refractivity contribution in [3.63, 3.8) is 0 Å². The highest BCUT2D eigenvalue weighted by molar-refractivity contribution is 5.79. The maximum Gasteiger partial charge on any atom is 0.194 e. The van der Waals surface area contributed by atoms with Gasteiger partial charge in [-0.2, -0.15) is 0 Å². The van der Waals surface area contributed by atoms with Gasteiger partial charge in [-0.1, -0.05) is 12.1 Å². The van der Waals surface area contributed by atoms with E-state index < -0.39 is 0 Å². The fraction of sp³-hybridized carbons (Fsp3) is 0.450. The van der Waals surface area contributed by atoms with Crippen LogP contribution in [0.1, 0.15) is 24.6 Å². The molecule has 1 aromatic heterocycles. The van der Waals surface area contributed by atoms with Gasteiger partial charge in [0.2, 0.25) is 0 Å². The van der Waals surface area contributed by atoms with Crippen LogP contribution in [0.3, 0.4) is 0 Å². The number of ether oxygens (including phenoxy) is 1. The number of benzene rings is 1. The second kappa shape index (κ2) is 9.77. The van der Waals surface area contributed by atoms with Gasteiger partial charge in [0.15, 0.2) is 5.96 Å². The Labute approximate surface area is 151 Å². The molecule has 25 heavy (non-hydrogen) atoms. The van der Waals surface area contributed by atoms with Crippen LogP contribution in [0.2, 0.25) is 0 Å². The first-order chi connectivity index (χ1) is 12.1. The number of aliphatic imine (C=N–C) groups is 1. The summed E-state index contributed by atoms with van der Waals surface area (Å²) in [6.07, 6.45) is 4.12. The van der Waals surface area contributed by atoms with Gasteiger partial charge < -0.3 is 19.5 Å². The Bertz CT molecular complexity index is 661. The van der Waals surface area contributed by atoms with Crippen LogP contribution in [0.25, 0.3) is 0 Å². The SMILES string of the molecule is CCNC(=NCCCc1ccc(OC)cc1)N(C)Cc1cccn1C. The molecule has 1 aromatic carbocycles. The van der Waals surface area contributed by atoms with Crippen molar-refractivity contribution >= 4 is 5.96 Å². The molecule has 5 nitrogen and oxygen atoms in total. The number of rotatable bonds is 8. The van der Waals surface area contributed by atoms with Crippen LogP contribution in [-0.2, 0) is 20.0 Å². The number of nitrogens with zero attached hydrogens (tertiary/aromatic N) is 3. The third-order valence-electron chi connectivity index (χ3n) is 4.19. The molecule has 0 saturated heterocycles. The predicted octanol–water partition coefficient (Wildman–Crippen LogP) is 3.06. The summed E-state index contributed by atoms with van der Waals surface area (Å²) in [6, 6.07) is 12.5. The number of aromatic nitrogens is 1. The molecule has 0 aliphatic heterocycles. The van der Waals surface area contributed by atoms with Crippen molar-refractivity contribution in [1.29, 1.82) is 0 Å². The normalized spacial score (nSPS) is 11.4. The summed E-state index contributed by atoms with van der Waals surface area (Å²) in [5, 5.41) is 3.38. The van der Waals surface area contributed by atoms with Crippen LogP contribution in [0, 0.1) is 0 Å². The van der Waals surface area contributed by atoms with Crippen molar-refractivity contribution in [3.05, 3.63) is 53.9 Å². The lowest BCUT2D eigenvalue weighted by Crippen LogP contribution is -2.38. The number of hydrogen-bond acceptors (Lipinski definition) is 2. The average molecular weight is 342 g/mol. The molecule has 1 heterocycles. The molecular weight excluding hydrogens is 312 g/mol. The maximum atomic E-state index is 5.19. The van der Waals surface area contributed by atoms with Gasteiger partial charge in [-0.15, -0.1) is 0 Å². The zero-order chi connectivity index (χ0) is 18.1. The van der Waals surface area contributed by atoms with E-state index in [2.05, 4.69) is 66.3 Å². The Morgan fingerprint density at radius 2 is 2.00 bits per heavy atom. The van der Waals surface area contributed by atoms with Crippen LogP contribution >= 0.6 is 0 Å². The highest BCUT2D eigenvalue weighted by atomic mass is 16.5. The molecule has 2 aromatic rings. The summed E-state index contributed by atoms with van der Waals surface area (Å²) >= 11 is 0. The summed E-state index contributed by atoms with van der Waals surface area (Å²) in [4.78, 5) is 6.94. The third kappa shape index (κ3) is 5.85. The van der Waals surface area contributed by atoms with Crippen LogP contribution in [-0.4, -0.2) is 42.7 Å². The molecular formula is C20H30N4O. The molecule has 0 fully saturated rings. The van der Waals surface area contributed by atoms with Crippen molar-refractivity contribution in [2.24, 2.45) is 12.0 Å². The van der Waals surface area contributed by atoms with E-state index >= 15 is 0 Å². The van der Waals surface area contributed by atoms with Crippen molar-refractivity contribution in [3.8, 4) is 5.75 Å². The van der Waals surface area contributed by atoms with Gasteiger partial charge >= 0.3 is 0 Å². The lowest BCUT2D eigenvalue weighted by Gasteiger charge is -2.22. The molecule has 136 valence electrons. The summed E-state index contributed by atoms with van der Waals surface area (Å²) in [7, 11) is 5.85. The van der Waals surface area contributed by atoms with E-state index in [9.17, 15) is 0 Å². The number of hydrogen-bond donors (Lipinski definition) is 1. The smallest absolute Gasteiger partial charge is 0.194 e. The summed E-state index contributed by atoms with van der Waals surface area (Å²) < 4.78 is 7.34. The van der Waals surface area contributed by atoms with Gasteiger partial charge in [-0.25, -0.2) is 0 Å². The molecule has 2 rings (SSSR count). The van der Waals surface area contributed by atoms with E-state index in [1.807, 2.05) is 12.1 Å². The second-order valence-electron chi connectivity index (χ2n) is 6.15. The zero-order valence-corrected chi connectivity index (χ0v) is 15.8. The molecule has 0 saturated carbocycles. The third-order valence-corrected chi connectivity index (χ3v) is 4.19. The summed E-state index contributed by atoms with van der Waals surface area (Å²) in [5.74, 6) is 1.86. The van der Waals surface area contributed by atoms with Gasteiger partial charge in [0.05, 0.1) is 13.7 Å². The molecule has 1 N–H and O–H groups in total. The van der Waals surface area contributed by atoms with E-state index in [1.54, 1.807) is 7.11 Å². The quantitative estimate of drug-likeness (QED) is 0.455. The first-order valence-electron chi connectivity index (χ1n) is 8.86.